The highest BCUT2D eigenvalue weighted by molar-refractivity contribution is 4.97. The topological polar surface area (TPSA) is 0 Å². The van der Waals surface area contributed by atoms with E-state index < -0.39 is 0 Å². The molecule has 0 N–H and O–H groups in total. The van der Waals surface area contributed by atoms with E-state index in [1.165, 1.54) is 51.4 Å². The lowest BCUT2D eigenvalue weighted by molar-refractivity contribution is 0.728. The maximum absolute atomic E-state index is 2.32. The quantitative estimate of drug-likeness (QED) is 0.270. The van der Waals surface area contributed by atoms with Crippen molar-refractivity contribution < 1.29 is 0 Å². The zero-order chi connectivity index (χ0) is 13.3. The third-order valence-corrected chi connectivity index (χ3v) is 2.99. The van der Waals surface area contributed by atoms with Gasteiger partial charge in [-0.05, 0) is 38.5 Å². The smallest absolute Gasteiger partial charge is 0.0169 e. The second-order valence-corrected chi connectivity index (χ2v) is 4.88. The monoisotopic (exact) mass is 248 g/mol. The molecule has 0 aromatic rings. The van der Waals surface area contributed by atoms with Gasteiger partial charge in [0.2, 0.25) is 0 Å². The van der Waals surface area contributed by atoms with Crippen LogP contribution in [0.5, 0.6) is 0 Å². The van der Waals surface area contributed by atoms with Gasteiger partial charge in [-0.15, -0.1) is 0 Å². The van der Waals surface area contributed by atoms with Crippen LogP contribution in [0.15, 0.2) is 36.5 Å². The molecule has 0 saturated heterocycles. The molecule has 0 radical (unpaired) electrons. The minimum atomic E-state index is 1.09. The summed E-state index contributed by atoms with van der Waals surface area (Å²) in [7, 11) is 0. The summed E-state index contributed by atoms with van der Waals surface area (Å²) in [5.41, 5.74) is 0. The highest BCUT2D eigenvalue weighted by Gasteiger charge is 1.81. The van der Waals surface area contributed by atoms with E-state index in [0.717, 1.165) is 12.8 Å². The summed E-state index contributed by atoms with van der Waals surface area (Å²) in [6.07, 6.45) is 26.5. The first-order chi connectivity index (χ1) is 8.91. The molecule has 0 fully saturated rings. The normalized spacial score (nSPS) is 12.3. The average molecular weight is 248 g/mol. The van der Waals surface area contributed by atoms with Crippen molar-refractivity contribution in [3.63, 3.8) is 0 Å². The summed E-state index contributed by atoms with van der Waals surface area (Å²) in [5.74, 6) is 0. The lowest BCUT2D eigenvalue weighted by atomic mass is 10.2. The van der Waals surface area contributed by atoms with Crippen LogP contribution < -0.4 is 0 Å². The molecule has 0 nitrogen and oxygen atoms in total. The molecule has 104 valence electrons. The standard InChI is InChI=1S/C18H32/c1-3-5-7-9-11-13-15-17-18-16-14-12-10-8-6-4-2/h11-14,17-18H,3-10,15-16H2,1-2H3. The van der Waals surface area contributed by atoms with Crippen LogP contribution in [-0.2, 0) is 0 Å². The molecule has 0 saturated carbocycles. The maximum atomic E-state index is 2.32. The molecular formula is C18H32. The van der Waals surface area contributed by atoms with E-state index in [-0.39, 0.29) is 0 Å². The Kier molecular flexibility index (Phi) is 15.5. The van der Waals surface area contributed by atoms with E-state index in [4.69, 9.17) is 0 Å². The zero-order valence-electron chi connectivity index (χ0n) is 12.5. The molecule has 0 aliphatic rings. The van der Waals surface area contributed by atoms with E-state index in [2.05, 4.69) is 50.3 Å². The Labute approximate surface area is 115 Å². The van der Waals surface area contributed by atoms with Gasteiger partial charge in [0.05, 0.1) is 0 Å². The Bertz CT molecular complexity index is 196. The lowest BCUT2D eigenvalue weighted by Gasteiger charge is -1.91. The summed E-state index contributed by atoms with van der Waals surface area (Å²) in [6, 6.07) is 0. The zero-order valence-corrected chi connectivity index (χ0v) is 12.5. The number of allylic oxidation sites excluding steroid dienone is 6. The van der Waals surface area contributed by atoms with Crippen LogP contribution in [0.25, 0.3) is 0 Å². The van der Waals surface area contributed by atoms with Gasteiger partial charge < -0.3 is 0 Å². The summed E-state index contributed by atoms with van der Waals surface area (Å²) in [5, 5.41) is 0. The van der Waals surface area contributed by atoms with E-state index in [1.807, 2.05) is 0 Å². The molecule has 0 spiro atoms. The average Bonchev–Trinajstić information content (AvgIpc) is 2.39. The molecule has 0 rings (SSSR count). The first-order valence-electron chi connectivity index (χ1n) is 7.86. The van der Waals surface area contributed by atoms with Crippen LogP contribution in [0.4, 0.5) is 0 Å². The van der Waals surface area contributed by atoms with Gasteiger partial charge in [-0.2, -0.15) is 0 Å². The summed E-state index contributed by atoms with van der Waals surface area (Å²) in [4.78, 5) is 0. The van der Waals surface area contributed by atoms with Crippen molar-refractivity contribution >= 4 is 0 Å². The fraction of sp³-hybridized carbons (Fsp3) is 0.667. The highest BCUT2D eigenvalue weighted by atomic mass is 13.9. The third-order valence-electron chi connectivity index (χ3n) is 2.99. The van der Waals surface area contributed by atoms with Crippen LogP contribution in [0.2, 0.25) is 0 Å². The van der Waals surface area contributed by atoms with Gasteiger partial charge in [-0.25, -0.2) is 0 Å². The van der Waals surface area contributed by atoms with Gasteiger partial charge >= 0.3 is 0 Å². The predicted octanol–water partition coefficient (Wildman–Crippen LogP) is 6.60. The summed E-state index contributed by atoms with van der Waals surface area (Å²) < 4.78 is 0. The molecule has 0 aromatic heterocycles. The first-order valence-corrected chi connectivity index (χ1v) is 7.86. The van der Waals surface area contributed by atoms with Gasteiger partial charge in [0.25, 0.3) is 0 Å². The van der Waals surface area contributed by atoms with E-state index in [0.29, 0.717) is 0 Å². The van der Waals surface area contributed by atoms with Gasteiger partial charge in [0.15, 0.2) is 0 Å². The van der Waals surface area contributed by atoms with Crippen molar-refractivity contribution in [3.8, 4) is 0 Å². The Morgan fingerprint density at radius 3 is 1.28 bits per heavy atom. The predicted molar refractivity (Wildman–Crippen MR) is 84.9 cm³/mol. The van der Waals surface area contributed by atoms with Crippen molar-refractivity contribution in [2.45, 2.75) is 78.1 Å². The minimum absolute atomic E-state index is 1.09. The van der Waals surface area contributed by atoms with E-state index in [9.17, 15) is 0 Å². The number of hydrogen-bond donors (Lipinski definition) is 0. The van der Waals surface area contributed by atoms with Crippen LogP contribution >= 0.6 is 0 Å². The highest BCUT2D eigenvalue weighted by Crippen LogP contribution is 2.02. The SMILES string of the molecule is CCCCCC=CCC=CCC=CCCCCC. The molecule has 18 heavy (non-hydrogen) atoms. The Morgan fingerprint density at radius 1 is 0.500 bits per heavy atom. The molecular weight excluding hydrogens is 216 g/mol. The van der Waals surface area contributed by atoms with E-state index >= 15 is 0 Å². The van der Waals surface area contributed by atoms with Gasteiger partial charge in [-0.3, -0.25) is 0 Å². The molecule has 0 aliphatic carbocycles. The lowest BCUT2D eigenvalue weighted by Crippen LogP contribution is -1.71. The van der Waals surface area contributed by atoms with Gasteiger partial charge in [0.1, 0.15) is 0 Å². The second-order valence-electron chi connectivity index (χ2n) is 4.88. The Balaban J connectivity index is 3.27. The molecule has 0 bridgehead atoms. The van der Waals surface area contributed by atoms with Crippen molar-refractivity contribution in [1.29, 1.82) is 0 Å². The number of hydrogen-bond acceptors (Lipinski definition) is 0. The fourth-order valence-corrected chi connectivity index (χ4v) is 1.80. The molecule has 0 amide bonds. The summed E-state index contributed by atoms with van der Waals surface area (Å²) >= 11 is 0. The first kappa shape index (κ1) is 17.2. The number of unbranched alkanes of at least 4 members (excludes halogenated alkanes) is 6. The Morgan fingerprint density at radius 2 is 0.889 bits per heavy atom. The minimum Gasteiger partial charge on any atom is -0.0882 e. The molecule has 0 unspecified atom stereocenters. The van der Waals surface area contributed by atoms with Crippen molar-refractivity contribution in [2.24, 2.45) is 0 Å². The van der Waals surface area contributed by atoms with Crippen molar-refractivity contribution in [3.05, 3.63) is 36.5 Å². The molecule has 0 atom stereocenters. The van der Waals surface area contributed by atoms with Crippen LogP contribution in [0, 0.1) is 0 Å². The van der Waals surface area contributed by atoms with Gasteiger partial charge in [0, 0.05) is 0 Å². The van der Waals surface area contributed by atoms with Crippen LogP contribution in [0.3, 0.4) is 0 Å². The van der Waals surface area contributed by atoms with E-state index in [1.54, 1.807) is 0 Å². The molecule has 0 heteroatoms. The molecule has 0 aromatic carbocycles. The van der Waals surface area contributed by atoms with Gasteiger partial charge in [-0.1, -0.05) is 76.0 Å². The summed E-state index contributed by atoms with van der Waals surface area (Å²) in [6.45, 7) is 4.50. The van der Waals surface area contributed by atoms with Crippen LogP contribution in [-0.4, -0.2) is 0 Å². The van der Waals surface area contributed by atoms with Crippen molar-refractivity contribution in [1.82, 2.24) is 0 Å². The Hall–Kier alpha value is -0.780. The van der Waals surface area contributed by atoms with Crippen LogP contribution in [0.1, 0.15) is 78.1 Å². The fourth-order valence-electron chi connectivity index (χ4n) is 1.80. The third kappa shape index (κ3) is 15.2. The second kappa shape index (κ2) is 16.2. The maximum Gasteiger partial charge on any atom is -0.0169 e. The molecule has 0 heterocycles. The largest absolute Gasteiger partial charge is 0.0882 e. The van der Waals surface area contributed by atoms with Crippen molar-refractivity contribution in [2.75, 3.05) is 0 Å². The molecule has 0 aliphatic heterocycles. The number of rotatable bonds is 12.